The predicted molar refractivity (Wildman–Crippen MR) is 68.6 cm³/mol. The molecular weight excluding hydrogens is 222 g/mol. The normalized spacial score (nSPS) is 10.4. The number of nitrogens with zero attached hydrogens (tertiary/aromatic N) is 3. The monoisotopic (exact) mass is 235 g/mol. The highest BCUT2D eigenvalue weighted by Gasteiger charge is 1.99. The first kappa shape index (κ1) is 12.6. The average molecular weight is 236 g/mol. The van der Waals surface area contributed by atoms with E-state index >= 15 is 0 Å². The van der Waals surface area contributed by atoms with Gasteiger partial charge in [-0.1, -0.05) is 41.0 Å². The summed E-state index contributed by atoms with van der Waals surface area (Å²) in [5, 5.41) is 4.29. The van der Waals surface area contributed by atoms with Crippen LogP contribution in [0.2, 0.25) is 5.02 Å². The van der Waals surface area contributed by atoms with Crippen molar-refractivity contribution in [1.29, 1.82) is 0 Å². The van der Waals surface area contributed by atoms with Crippen molar-refractivity contribution in [1.82, 2.24) is 0 Å². The Morgan fingerprint density at radius 3 is 2.56 bits per heavy atom. The van der Waals surface area contributed by atoms with E-state index in [0.29, 0.717) is 6.54 Å². The van der Waals surface area contributed by atoms with Crippen LogP contribution in [-0.2, 0) is 0 Å². The highest BCUT2D eigenvalue weighted by atomic mass is 35.5. The minimum absolute atomic E-state index is 0.499. The van der Waals surface area contributed by atoms with E-state index in [4.69, 9.17) is 17.1 Å². The molecule has 0 fully saturated rings. The van der Waals surface area contributed by atoms with Gasteiger partial charge in [0.15, 0.2) is 0 Å². The lowest BCUT2D eigenvalue weighted by atomic mass is 10.1. The molecule has 3 nitrogen and oxygen atoms in total. The van der Waals surface area contributed by atoms with Crippen LogP contribution in [-0.4, -0.2) is 6.54 Å². The van der Waals surface area contributed by atoms with Gasteiger partial charge in [-0.15, -0.1) is 0 Å². The van der Waals surface area contributed by atoms with E-state index in [0.717, 1.165) is 28.1 Å². The molecule has 0 N–H and O–H groups in total. The van der Waals surface area contributed by atoms with Crippen molar-refractivity contribution in [2.75, 3.05) is 6.54 Å². The highest BCUT2D eigenvalue weighted by Crippen LogP contribution is 2.22. The molecule has 0 aliphatic carbocycles. The van der Waals surface area contributed by atoms with Crippen LogP contribution in [0, 0.1) is 13.8 Å². The third kappa shape index (κ3) is 3.61. The molecular formula is C12H14ClN3. The second kappa shape index (κ2) is 6.21. The number of hydrogen-bond acceptors (Lipinski definition) is 1. The van der Waals surface area contributed by atoms with Crippen molar-refractivity contribution in [3.05, 3.63) is 50.4 Å². The molecule has 0 aliphatic heterocycles. The number of halogens is 1. The first-order valence-electron chi connectivity index (χ1n) is 5.09. The third-order valence-electron chi connectivity index (χ3n) is 2.23. The smallest absolute Gasteiger partial charge is 0.0464 e. The molecule has 0 bridgehead atoms. The lowest BCUT2D eigenvalue weighted by Gasteiger charge is -2.04. The Labute approximate surface area is 100 Å². The summed E-state index contributed by atoms with van der Waals surface area (Å²) in [5.41, 5.74) is 11.4. The van der Waals surface area contributed by atoms with Gasteiger partial charge in [-0.05, 0) is 42.5 Å². The first-order chi connectivity index (χ1) is 7.65. The van der Waals surface area contributed by atoms with Gasteiger partial charge in [-0.25, -0.2) is 0 Å². The Morgan fingerprint density at radius 2 is 2.00 bits per heavy atom. The maximum absolute atomic E-state index is 8.11. The van der Waals surface area contributed by atoms with Gasteiger partial charge in [-0.2, -0.15) is 0 Å². The lowest BCUT2D eigenvalue weighted by Crippen LogP contribution is -1.83. The van der Waals surface area contributed by atoms with Gasteiger partial charge in [-0.3, -0.25) is 0 Å². The van der Waals surface area contributed by atoms with Crippen molar-refractivity contribution in [3.63, 3.8) is 0 Å². The van der Waals surface area contributed by atoms with Crippen LogP contribution in [0.5, 0.6) is 0 Å². The Balaban J connectivity index is 2.71. The molecule has 0 heterocycles. The third-order valence-corrected chi connectivity index (χ3v) is 2.82. The molecule has 1 aromatic carbocycles. The van der Waals surface area contributed by atoms with E-state index in [9.17, 15) is 0 Å². The SMILES string of the molecule is Cc1cc(C=CCCN=[N+]=[N-])cc(C)c1Cl. The molecule has 84 valence electrons. The lowest BCUT2D eigenvalue weighted by molar-refractivity contribution is 0.995. The standard InChI is InChI=1S/C12H14ClN3/c1-9-7-11(8-10(2)12(9)13)5-3-4-6-15-16-14/h3,5,7-8H,4,6H2,1-2H3. The first-order valence-corrected chi connectivity index (χ1v) is 5.47. The van der Waals surface area contributed by atoms with Gasteiger partial charge in [0.25, 0.3) is 0 Å². The summed E-state index contributed by atoms with van der Waals surface area (Å²) in [6.07, 6.45) is 4.77. The van der Waals surface area contributed by atoms with Crippen LogP contribution < -0.4 is 0 Å². The van der Waals surface area contributed by atoms with Crippen molar-refractivity contribution in [2.45, 2.75) is 20.3 Å². The van der Waals surface area contributed by atoms with Gasteiger partial charge in [0.05, 0.1) is 0 Å². The van der Waals surface area contributed by atoms with Gasteiger partial charge < -0.3 is 0 Å². The zero-order valence-electron chi connectivity index (χ0n) is 9.44. The van der Waals surface area contributed by atoms with Crippen molar-refractivity contribution < 1.29 is 0 Å². The fraction of sp³-hybridized carbons (Fsp3) is 0.333. The maximum Gasteiger partial charge on any atom is 0.0464 e. The van der Waals surface area contributed by atoms with E-state index in [1.165, 1.54) is 0 Å². The minimum atomic E-state index is 0.499. The number of hydrogen-bond donors (Lipinski definition) is 0. The topological polar surface area (TPSA) is 48.8 Å². The Kier molecular flexibility index (Phi) is 4.90. The summed E-state index contributed by atoms with van der Waals surface area (Å²) in [7, 11) is 0. The molecule has 0 amide bonds. The Hall–Kier alpha value is -1.44. The zero-order valence-corrected chi connectivity index (χ0v) is 10.2. The highest BCUT2D eigenvalue weighted by molar-refractivity contribution is 6.32. The minimum Gasteiger partial charge on any atom is -0.0937 e. The summed E-state index contributed by atoms with van der Waals surface area (Å²) < 4.78 is 0. The Bertz CT molecular complexity index is 423. The summed E-state index contributed by atoms with van der Waals surface area (Å²) in [6.45, 7) is 4.48. The molecule has 0 radical (unpaired) electrons. The molecule has 0 spiro atoms. The van der Waals surface area contributed by atoms with Crippen LogP contribution in [0.4, 0.5) is 0 Å². The molecule has 1 rings (SSSR count). The fourth-order valence-electron chi connectivity index (χ4n) is 1.47. The zero-order chi connectivity index (χ0) is 12.0. The average Bonchev–Trinajstić information content (AvgIpc) is 2.25. The van der Waals surface area contributed by atoms with E-state index in [-0.39, 0.29) is 0 Å². The molecule has 0 unspecified atom stereocenters. The van der Waals surface area contributed by atoms with Crippen LogP contribution in [0.15, 0.2) is 23.3 Å². The number of benzene rings is 1. The van der Waals surface area contributed by atoms with Crippen molar-refractivity contribution in [3.8, 4) is 0 Å². The fourth-order valence-corrected chi connectivity index (χ4v) is 1.58. The second-order valence-electron chi connectivity index (χ2n) is 3.61. The summed E-state index contributed by atoms with van der Waals surface area (Å²) in [4.78, 5) is 2.69. The molecule has 4 heteroatoms. The summed E-state index contributed by atoms with van der Waals surface area (Å²) in [5.74, 6) is 0. The molecule has 0 aliphatic rings. The van der Waals surface area contributed by atoms with Gasteiger partial charge >= 0.3 is 0 Å². The van der Waals surface area contributed by atoms with Crippen LogP contribution in [0.1, 0.15) is 23.1 Å². The maximum atomic E-state index is 8.11. The number of azide groups is 1. The second-order valence-corrected chi connectivity index (χ2v) is 3.99. The van der Waals surface area contributed by atoms with Gasteiger partial charge in [0.1, 0.15) is 0 Å². The van der Waals surface area contributed by atoms with Crippen LogP contribution in [0.3, 0.4) is 0 Å². The van der Waals surface area contributed by atoms with E-state index in [1.807, 2.05) is 38.1 Å². The molecule has 0 aromatic heterocycles. The molecule has 0 saturated carbocycles. The molecule has 1 aromatic rings. The van der Waals surface area contributed by atoms with E-state index in [1.54, 1.807) is 0 Å². The predicted octanol–water partition coefficient (Wildman–Crippen LogP) is 4.67. The van der Waals surface area contributed by atoms with Gasteiger partial charge in [0, 0.05) is 16.5 Å². The summed E-state index contributed by atoms with van der Waals surface area (Å²) in [6, 6.07) is 4.08. The largest absolute Gasteiger partial charge is 0.0937 e. The van der Waals surface area contributed by atoms with Gasteiger partial charge in [0.2, 0.25) is 0 Å². The van der Waals surface area contributed by atoms with E-state index < -0.39 is 0 Å². The molecule has 16 heavy (non-hydrogen) atoms. The van der Waals surface area contributed by atoms with Crippen LogP contribution in [0.25, 0.3) is 16.5 Å². The van der Waals surface area contributed by atoms with Crippen LogP contribution >= 0.6 is 11.6 Å². The van der Waals surface area contributed by atoms with Crippen molar-refractivity contribution in [2.24, 2.45) is 5.11 Å². The Morgan fingerprint density at radius 1 is 1.38 bits per heavy atom. The quantitative estimate of drug-likeness (QED) is 0.315. The van der Waals surface area contributed by atoms with Crippen molar-refractivity contribution >= 4 is 17.7 Å². The molecule has 0 atom stereocenters. The summed E-state index contributed by atoms with van der Waals surface area (Å²) >= 11 is 6.07. The number of rotatable bonds is 4. The number of aryl methyl sites for hydroxylation is 2. The molecule has 0 saturated heterocycles. The van der Waals surface area contributed by atoms with E-state index in [2.05, 4.69) is 10.0 Å².